The van der Waals surface area contributed by atoms with Crippen LogP contribution in [0.4, 0.5) is 10.1 Å². The van der Waals surface area contributed by atoms with Crippen molar-refractivity contribution in [1.82, 2.24) is 9.88 Å². The number of carbonyl (C=O) groups excluding carboxylic acids is 1. The molecule has 5 nitrogen and oxygen atoms in total. The SMILES string of the molecule is COc1ccc(-c2nc3ccc(C)cc3c(C(=O)N3CCN(c4ccccc4F)CC3)c2C)cc1. The first-order valence-corrected chi connectivity index (χ1v) is 11.8. The zero-order valence-electron chi connectivity index (χ0n) is 20.2. The lowest BCUT2D eigenvalue weighted by molar-refractivity contribution is 0.0748. The van der Waals surface area contributed by atoms with Gasteiger partial charge in [0.05, 0.1) is 29.6 Å². The summed E-state index contributed by atoms with van der Waals surface area (Å²) in [6.07, 6.45) is 0. The molecule has 0 atom stereocenters. The van der Waals surface area contributed by atoms with E-state index in [2.05, 4.69) is 0 Å². The maximum absolute atomic E-state index is 14.3. The minimum Gasteiger partial charge on any atom is -0.497 e. The molecule has 3 aromatic carbocycles. The van der Waals surface area contributed by atoms with Crippen molar-refractivity contribution in [2.45, 2.75) is 13.8 Å². The average molecular weight is 470 g/mol. The van der Waals surface area contributed by atoms with Crippen LogP contribution in [0.3, 0.4) is 0 Å². The van der Waals surface area contributed by atoms with E-state index in [0.717, 1.165) is 39.0 Å². The molecule has 6 heteroatoms. The predicted octanol–water partition coefficient (Wildman–Crippen LogP) is 5.63. The summed E-state index contributed by atoms with van der Waals surface area (Å²) in [5.41, 5.74) is 5.72. The molecule has 35 heavy (non-hydrogen) atoms. The molecule has 0 unspecified atom stereocenters. The number of benzene rings is 3. The van der Waals surface area contributed by atoms with Crippen LogP contribution in [0.1, 0.15) is 21.5 Å². The molecule has 0 aliphatic carbocycles. The van der Waals surface area contributed by atoms with Gasteiger partial charge in [-0.15, -0.1) is 0 Å². The lowest BCUT2D eigenvalue weighted by atomic mass is 9.95. The fraction of sp³-hybridized carbons (Fsp3) is 0.241. The van der Waals surface area contributed by atoms with E-state index in [1.165, 1.54) is 6.07 Å². The smallest absolute Gasteiger partial charge is 0.255 e. The van der Waals surface area contributed by atoms with Gasteiger partial charge >= 0.3 is 0 Å². The second-order valence-corrected chi connectivity index (χ2v) is 8.94. The third-order valence-electron chi connectivity index (χ3n) is 6.72. The summed E-state index contributed by atoms with van der Waals surface area (Å²) < 4.78 is 19.6. The van der Waals surface area contributed by atoms with E-state index in [0.29, 0.717) is 37.4 Å². The quantitative estimate of drug-likeness (QED) is 0.389. The minimum atomic E-state index is -0.233. The number of ether oxygens (including phenoxy) is 1. The Hall–Kier alpha value is -3.93. The summed E-state index contributed by atoms with van der Waals surface area (Å²) in [4.78, 5) is 22.7. The first-order chi connectivity index (χ1) is 17.0. The van der Waals surface area contributed by atoms with E-state index < -0.39 is 0 Å². The topological polar surface area (TPSA) is 45.7 Å². The molecule has 1 amide bonds. The molecule has 0 radical (unpaired) electrons. The number of aryl methyl sites for hydroxylation is 1. The van der Waals surface area contributed by atoms with Gasteiger partial charge in [0.2, 0.25) is 0 Å². The van der Waals surface area contributed by atoms with Gasteiger partial charge in [0.1, 0.15) is 11.6 Å². The van der Waals surface area contributed by atoms with Crippen molar-refractivity contribution in [3.63, 3.8) is 0 Å². The molecule has 4 aromatic rings. The number of methoxy groups -OCH3 is 1. The van der Waals surface area contributed by atoms with Gasteiger partial charge in [-0.3, -0.25) is 4.79 Å². The summed E-state index contributed by atoms with van der Waals surface area (Å²) in [7, 11) is 1.64. The number of carbonyl (C=O) groups is 1. The maximum atomic E-state index is 14.3. The second kappa shape index (κ2) is 9.37. The van der Waals surface area contributed by atoms with Gasteiger partial charge in [-0.1, -0.05) is 23.8 Å². The summed E-state index contributed by atoms with van der Waals surface area (Å²) >= 11 is 0. The monoisotopic (exact) mass is 469 g/mol. The predicted molar refractivity (Wildman–Crippen MR) is 138 cm³/mol. The Bertz CT molecular complexity index is 1390. The van der Waals surface area contributed by atoms with Crippen LogP contribution < -0.4 is 9.64 Å². The lowest BCUT2D eigenvalue weighted by Crippen LogP contribution is -2.49. The molecule has 1 saturated heterocycles. The van der Waals surface area contributed by atoms with Gasteiger partial charge < -0.3 is 14.5 Å². The lowest BCUT2D eigenvalue weighted by Gasteiger charge is -2.36. The van der Waals surface area contributed by atoms with Crippen molar-refractivity contribution in [1.29, 1.82) is 0 Å². The number of fused-ring (bicyclic) bond motifs is 1. The normalized spacial score (nSPS) is 13.8. The summed E-state index contributed by atoms with van der Waals surface area (Å²) in [6.45, 7) is 6.21. The summed E-state index contributed by atoms with van der Waals surface area (Å²) in [5, 5.41) is 0.862. The van der Waals surface area contributed by atoms with Gasteiger partial charge in [0, 0.05) is 37.1 Å². The highest BCUT2D eigenvalue weighted by molar-refractivity contribution is 6.09. The molecule has 0 N–H and O–H groups in total. The molecule has 0 bridgehead atoms. The fourth-order valence-electron chi connectivity index (χ4n) is 4.79. The molecule has 1 aliphatic heterocycles. The highest BCUT2D eigenvalue weighted by Crippen LogP contribution is 2.32. The highest BCUT2D eigenvalue weighted by atomic mass is 19.1. The average Bonchev–Trinajstić information content (AvgIpc) is 2.88. The first-order valence-electron chi connectivity index (χ1n) is 11.8. The van der Waals surface area contributed by atoms with E-state index in [9.17, 15) is 9.18 Å². The van der Waals surface area contributed by atoms with Crippen LogP contribution in [0.25, 0.3) is 22.2 Å². The maximum Gasteiger partial charge on any atom is 0.255 e. The van der Waals surface area contributed by atoms with Crippen LogP contribution in [0, 0.1) is 19.7 Å². The van der Waals surface area contributed by atoms with E-state index in [4.69, 9.17) is 9.72 Å². The number of nitrogens with zero attached hydrogens (tertiary/aromatic N) is 3. The Kier molecular flexibility index (Phi) is 6.12. The van der Waals surface area contributed by atoms with Crippen LogP contribution in [-0.2, 0) is 0 Å². The molecule has 1 aromatic heterocycles. The zero-order valence-corrected chi connectivity index (χ0v) is 20.2. The van der Waals surface area contributed by atoms with Gasteiger partial charge in [-0.05, 0) is 67.9 Å². The Balaban J connectivity index is 1.51. The third kappa shape index (κ3) is 4.32. The number of hydrogen-bond acceptors (Lipinski definition) is 4. The van der Waals surface area contributed by atoms with Gasteiger partial charge in [-0.2, -0.15) is 0 Å². The number of rotatable bonds is 4. The standard InChI is InChI=1S/C29H28FN3O2/c1-19-8-13-25-23(18-19)27(20(2)28(31-25)21-9-11-22(35-3)12-10-21)29(34)33-16-14-32(15-17-33)26-7-5-4-6-24(26)30/h4-13,18H,14-17H2,1-3H3. The third-order valence-corrected chi connectivity index (χ3v) is 6.72. The molecule has 1 aliphatic rings. The van der Waals surface area contributed by atoms with E-state index in [1.807, 2.05) is 72.2 Å². The second-order valence-electron chi connectivity index (χ2n) is 8.94. The number of hydrogen-bond donors (Lipinski definition) is 0. The van der Waals surface area contributed by atoms with E-state index in [1.54, 1.807) is 19.2 Å². The number of halogens is 1. The van der Waals surface area contributed by atoms with Crippen LogP contribution in [0.2, 0.25) is 0 Å². The van der Waals surface area contributed by atoms with Crippen LogP contribution in [0.5, 0.6) is 5.75 Å². The fourth-order valence-corrected chi connectivity index (χ4v) is 4.79. The van der Waals surface area contributed by atoms with Gasteiger partial charge in [0.25, 0.3) is 5.91 Å². The Morgan fingerprint density at radius 2 is 1.66 bits per heavy atom. The first kappa shape index (κ1) is 22.8. The van der Waals surface area contributed by atoms with E-state index >= 15 is 0 Å². The van der Waals surface area contributed by atoms with Crippen molar-refractivity contribution in [3.05, 3.63) is 89.2 Å². The Morgan fingerprint density at radius 1 is 0.943 bits per heavy atom. The molecule has 2 heterocycles. The number of aromatic nitrogens is 1. The minimum absolute atomic E-state index is 0.0107. The van der Waals surface area contributed by atoms with Gasteiger partial charge in [-0.25, -0.2) is 9.37 Å². The largest absolute Gasteiger partial charge is 0.497 e. The van der Waals surface area contributed by atoms with Crippen molar-refractivity contribution in [2.24, 2.45) is 0 Å². The molecule has 1 fully saturated rings. The Morgan fingerprint density at radius 3 is 2.34 bits per heavy atom. The molecule has 178 valence electrons. The Labute approximate surface area is 204 Å². The van der Waals surface area contributed by atoms with Crippen molar-refractivity contribution < 1.29 is 13.9 Å². The summed E-state index contributed by atoms with van der Waals surface area (Å²) in [6, 6.07) is 20.6. The number of amides is 1. The summed E-state index contributed by atoms with van der Waals surface area (Å²) in [5.74, 6) is 0.526. The number of anilines is 1. The molecule has 0 spiro atoms. The van der Waals surface area contributed by atoms with Crippen molar-refractivity contribution in [3.8, 4) is 17.0 Å². The number of piperazine rings is 1. The van der Waals surface area contributed by atoms with Crippen LogP contribution in [0.15, 0.2) is 66.7 Å². The van der Waals surface area contributed by atoms with Crippen LogP contribution in [-0.4, -0.2) is 49.1 Å². The number of para-hydroxylation sites is 1. The van der Waals surface area contributed by atoms with Crippen molar-refractivity contribution in [2.75, 3.05) is 38.2 Å². The highest BCUT2D eigenvalue weighted by Gasteiger charge is 2.27. The molecular weight excluding hydrogens is 441 g/mol. The molecule has 0 saturated carbocycles. The van der Waals surface area contributed by atoms with Gasteiger partial charge in [0.15, 0.2) is 0 Å². The molecule has 5 rings (SSSR count). The molecular formula is C29H28FN3O2. The van der Waals surface area contributed by atoms with Crippen molar-refractivity contribution >= 4 is 22.5 Å². The number of pyridine rings is 1. The van der Waals surface area contributed by atoms with E-state index in [-0.39, 0.29) is 11.7 Å². The van der Waals surface area contributed by atoms with Crippen LogP contribution >= 0.6 is 0 Å². The zero-order chi connectivity index (χ0) is 24.5.